The Labute approximate surface area is 194 Å². The highest BCUT2D eigenvalue weighted by Crippen LogP contribution is 2.29. The molecule has 3 unspecified atom stereocenters. The molecule has 0 aliphatic carbocycles. The highest BCUT2D eigenvalue weighted by atomic mass is 19.1. The van der Waals surface area contributed by atoms with E-state index >= 15 is 0 Å². The van der Waals surface area contributed by atoms with Crippen molar-refractivity contribution in [2.75, 3.05) is 26.1 Å². The molecule has 11 heteroatoms. The molecule has 0 spiro atoms. The Morgan fingerprint density at radius 3 is 2.65 bits per heavy atom. The van der Waals surface area contributed by atoms with Gasteiger partial charge in [0.15, 0.2) is 0 Å². The van der Waals surface area contributed by atoms with Gasteiger partial charge in [0, 0.05) is 31.6 Å². The maximum Gasteiger partial charge on any atom is 0.216 e. The predicted molar refractivity (Wildman–Crippen MR) is 123 cm³/mol. The van der Waals surface area contributed by atoms with Crippen LogP contribution in [0.4, 0.5) is 14.6 Å². The smallest absolute Gasteiger partial charge is 0.216 e. The number of benzene rings is 1. The Morgan fingerprint density at radius 1 is 1.15 bits per heavy atom. The third-order valence-electron chi connectivity index (χ3n) is 5.74. The van der Waals surface area contributed by atoms with E-state index in [1.54, 1.807) is 31.9 Å². The summed E-state index contributed by atoms with van der Waals surface area (Å²) < 4.78 is 40.8. The monoisotopic (exact) mass is 467 g/mol. The second kappa shape index (κ2) is 8.82. The van der Waals surface area contributed by atoms with Gasteiger partial charge >= 0.3 is 0 Å². The Hall–Kier alpha value is -3.86. The van der Waals surface area contributed by atoms with Crippen LogP contribution < -0.4 is 10.1 Å². The van der Waals surface area contributed by atoms with Gasteiger partial charge in [-0.2, -0.15) is 0 Å². The van der Waals surface area contributed by atoms with Crippen molar-refractivity contribution in [2.24, 2.45) is 9.98 Å². The standard InChI is InChI=1S/C23H23F2N7O2/c1-13-10-32(12-28-13)17-8-26-21(7-19(17)33-3)29-23-27-9-20-22(30-23)31(2)18(11-34-20)14-4-15(24)6-16(25)5-14/h4-10,12,18,20,23H,11H2,1-3H3,(H,26,29). The van der Waals surface area contributed by atoms with Crippen molar-refractivity contribution in [3.05, 3.63) is 65.9 Å². The summed E-state index contributed by atoms with van der Waals surface area (Å²) in [5.74, 6) is 0.459. The molecule has 9 nitrogen and oxygen atoms in total. The minimum absolute atomic E-state index is 0.251. The first-order valence-electron chi connectivity index (χ1n) is 10.6. The summed E-state index contributed by atoms with van der Waals surface area (Å²) in [6, 6.07) is 4.83. The molecule has 0 saturated carbocycles. The van der Waals surface area contributed by atoms with E-state index in [1.807, 2.05) is 29.6 Å². The predicted octanol–water partition coefficient (Wildman–Crippen LogP) is 3.11. The van der Waals surface area contributed by atoms with Gasteiger partial charge in [-0.15, -0.1) is 0 Å². The zero-order valence-electron chi connectivity index (χ0n) is 18.8. The number of imidazole rings is 1. The highest BCUT2D eigenvalue weighted by Gasteiger charge is 2.35. The van der Waals surface area contributed by atoms with Gasteiger partial charge in [0.05, 0.1) is 38.0 Å². The number of hydrogen-bond acceptors (Lipinski definition) is 8. The molecule has 3 aromatic rings. The quantitative estimate of drug-likeness (QED) is 0.620. The van der Waals surface area contributed by atoms with Gasteiger partial charge in [-0.1, -0.05) is 0 Å². The molecule has 2 aliphatic heterocycles. The van der Waals surface area contributed by atoms with Crippen molar-refractivity contribution in [3.8, 4) is 11.4 Å². The first-order valence-corrected chi connectivity index (χ1v) is 10.6. The van der Waals surface area contributed by atoms with E-state index in [0.717, 1.165) is 17.4 Å². The number of anilines is 1. The van der Waals surface area contributed by atoms with E-state index in [2.05, 4.69) is 25.3 Å². The molecule has 1 fully saturated rings. The van der Waals surface area contributed by atoms with E-state index in [4.69, 9.17) is 9.47 Å². The van der Waals surface area contributed by atoms with Crippen LogP contribution in [0, 0.1) is 18.6 Å². The molecular formula is C23H23F2N7O2. The summed E-state index contributed by atoms with van der Waals surface area (Å²) in [7, 11) is 3.40. The highest BCUT2D eigenvalue weighted by molar-refractivity contribution is 6.02. The van der Waals surface area contributed by atoms with Gasteiger partial charge in [-0.25, -0.2) is 28.7 Å². The number of amidine groups is 1. The van der Waals surface area contributed by atoms with Crippen molar-refractivity contribution >= 4 is 17.9 Å². The Morgan fingerprint density at radius 2 is 1.94 bits per heavy atom. The van der Waals surface area contributed by atoms with Crippen LogP contribution in [0.5, 0.6) is 5.75 Å². The normalized spacial score (nSPS) is 21.7. The van der Waals surface area contributed by atoms with Crippen LogP contribution in [-0.4, -0.2) is 64.6 Å². The molecule has 176 valence electrons. The molecule has 1 N–H and O–H groups in total. The lowest BCUT2D eigenvalue weighted by Gasteiger charge is -2.40. The number of likely N-dealkylation sites (N-methyl/N-ethyl adjacent to an activating group) is 1. The number of aliphatic imine (C=N–C) groups is 2. The molecule has 0 bridgehead atoms. The topological polar surface area (TPSA) is 89.2 Å². The summed E-state index contributed by atoms with van der Waals surface area (Å²) in [5, 5.41) is 3.16. The van der Waals surface area contributed by atoms with E-state index in [0.29, 0.717) is 23.0 Å². The summed E-state index contributed by atoms with van der Waals surface area (Å²) in [5.41, 5.74) is 2.10. The van der Waals surface area contributed by atoms with Gasteiger partial charge in [-0.05, 0) is 24.6 Å². The van der Waals surface area contributed by atoms with Gasteiger partial charge in [0.2, 0.25) is 6.29 Å². The van der Waals surface area contributed by atoms with Crippen LogP contribution in [0.1, 0.15) is 17.3 Å². The van der Waals surface area contributed by atoms with Crippen LogP contribution >= 0.6 is 0 Å². The van der Waals surface area contributed by atoms with Gasteiger partial charge in [0.25, 0.3) is 0 Å². The lowest BCUT2D eigenvalue weighted by molar-refractivity contribution is 0.0538. The lowest BCUT2D eigenvalue weighted by atomic mass is 10.0. The number of nitrogens with zero attached hydrogens (tertiary/aromatic N) is 6. The van der Waals surface area contributed by atoms with Crippen molar-refractivity contribution in [3.63, 3.8) is 0 Å². The van der Waals surface area contributed by atoms with Crippen LogP contribution in [-0.2, 0) is 4.74 Å². The molecule has 0 amide bonds. The number of pyridine rings is 1. The van der Waals surface area contributed by atoms with E-state index in [9.17, 15) is 8.78 Å². The largest absolute Gasteiger partial charge is 0.494 e. The fraction of sp³-hybridized carbons (Fsp3) is 0.304. The molecular weight excluding hydrogens is 444 g/mol. The third kappa shape index (κ3) is 4.21. The minimum atomic E-state index is -0.654. The summed E-state index contributed by atoms with van der Waals surface area (Å²) >= 11 is 0. The number of aryl methyl sites for hydroxylation is 1. The van der Waals surface area contributed by atoms with E-state index in [-0.39, 0.29) is 12.6 Å². The third-order valence-corrected chi connectivity index (χ3v) is 5.74. The Balaban J connectivity index is 1.37. The average Bonchev–Trinajstić information content (AvgIpc) is 3.25. The molecule has 5 rings (SSSR count). The zero-order chi connectivity index (χ0) is 23.8. The first kappa shape index (κ1) is 22.0. The van der Waals surface area contributed by atoms with Crippen molar-refractivity contribution in [1.82, 2.24) is 19.4 Å². The Kier molecular flexibility index (Phi) is 5.70. The molecule has 1 aromatic carbocycles. The number of methoxy groups -OCH3 is 1. The molecule has 2 aliphatic rings. The fourth-order valence-electron chi connectivity index (χ4n) is 4.04. The molecule has 2 aromatic heterocycles. The SMILES string of the molecule is COc1cc(NC2N=CC3OCC(c4cc(F)cc(F)c4)N(C)C3=N2)ncc1-n1cnc(C)c1. The molecule has 34 heavy (non-hydrogen) atoms. The molecule has 4 heterocycles. The number of hydrogen-bond donors (Lipinski definition) is 1. The second-order valence-corrected chi connectivity index (χ2v) is 8.05. The van der Waals surface area contributed by atoms with Crippen LogP contribution in [0.3, 0.4) is 0 Å². The van der Waals surface area contributed by atoms with Gasteiger partial charge in [0.1, 0.15) is 40.8 Å². The van der Waals surface area contributed by atoms with Crippen LogP contribution in [0.15, 0.2) is 53.0 Å². The summed E-state index contributed by atoms with van der Waals surface area (Å²) in [6.45, 7) is 2.16. The number of rotatable bonds is 5. The van der Waals surface area contributed by atoms with Gasteiger partial charge in [-0.3, -0.25) is 0 Å². The number of halogens is 2. The fourth-order valence-corrected chi connectivity index (χ4v) is 4.04. The average molecular weight is 467 g/mol. The molecule has 3 atom stereocenters. The van der Waals surface area contributed by atoms with Crippen LogP contribution in [0.25, 0.3) is 5.69 Å². The Bertz CT molecular complexity index is 1260. The summed E-state index contributed by atoms with van der Waals surface area (Å²) in [4.78, 5) is 19.6. The molecule has 1 saturated heterocycles. The lowest BCUT2D eigenvalue weighted by Crippen LogP contribution is -2.50. The first-order chi connectivity index (χ1) is 16.4. The zero-order valence-corrected chi connectivity index (χ0v) is 18.8. The van der Waals surface area contributed by atoms with E-state index < -0.39 is 24.0 Å². The maximum absolute atomic E-state index is 13.8. The second-order valence-electron chi connectivity index (χ2n) is 8.05. The van der Waals surface area contributed by atoms with Crippen molar-refractivity contribution < 1.29 is 18.3 Å². The van der Waals surface area contributed by atoms with Crippen molar-refractivity contribution in [2.45, 2.75) is 25.4 Å². The molecule has 0 radical (unpaired) electrons. The van der Waals surface area contributed by atoms with E-state index in [1.165, 1.54) is 12.1 Å². The number of aromatic nitrogens is 3. The number of fused-ring (bicyclic) bond motifs is 1. The minimum Gasteiger partial charge on any atom is -0.494 e. The number of nitrogens with one attached hydrogen (secondary N) is 1. The summed E-state index contributed by atoms with van der Waals surface area (Å²) in [6.07, 6.45) is 5.82. The van der Waals surface area contributed by atoms with Crippen LogP contribution in [0.2, 0.25) is 0 Å². The number of morpholine rings is 1. The number of ether oxygens (including phenoxy) is 2. The van der Waals surface area contributed by atoms with Gasteiger partial charge < -0.3 is 24.3 Å². The maximum atomic E-state index is 13.8. The van der Waals surface area contributed by atoms with Crippen molar-refractivity contribution in [1.29, 1.82) is 0 Å².